The molecule has 1 aromatic carbocycles. The highest BCUT2D eigenvalue weighted by Crippen LogP contribution is 2.36. The van der Waals surface area contributed by atoms with Crippen LogP contribution in [0.2, 0.25) is 0 Å². The second-order valence-electron chi connectivity index (χ2n) is 6.67. The van der Waals surface area contributed by atoms with Gasteiger partial charge < -0.3 is 18.6 Å². The number of esters is 1. The molecule has 1 aliphatic carbocycles. The Morgan fingerprint density at radius 1 is 1.21 bits per heavy atom. The van der Waals surface area contributed by atoms with Crippen molar-refractivity contribution in [2.24, 2.45) is 5.10 Å². The quantitative estimate of drug-likeness (QED) is 0.762. The largest absolute Gasteiger partial charge is 0.469 e. The van der Waals surface area contributed by atoms with E-state index in [9.17, 15) is 4.79 Å². The van der Waals surface area contributed by atoms with Gasteiger partial charge in [0, 0.05) is 5.57 Å². The van der Waals surface area contributed by atoms with E-state index >= 15 is 0 Å². The molecule has 142 valence electrons. The van der Waals surface area contributed by atoms with Crippen LogP contribution in [0, 0.1) is 0 Å². The first-order valence-corrected chi connectivity index (χ1v) is 8.99. The van der Waals surface area contributed by atoms with Crippen molar-refractivity contribution in [3.05, 3.63) is 83.0 Å². The van der Waals surface area contributed by atoms with Crippen LogP contribution in [0.15, 0.2) is 75.5 Å². The summed E-state index contributed by atoms with van der Waals surface area (Å²) in [4.78, 5) is 11.8. The van der Waals surface area contributed by atoms with Gasteiger partial charge in [0.2, 0.25) is 5.76 Å². The Morgan fingerprint density at radius 3 is 2.89 bits per heavy atom. The number of hydrogen-bond acceptors (Lipinski definition) is 7. The average Bonchev–Trinajstić information content (AvgIpc) is 3.45. The number of benzene rings is 1. The van der Waals surface area contributed by atoms with E-state index in [1.807, 2.05) is 35.4 Å². The Labute approximate surface area is 161 Å². The lowest BCUT2D eigenvalue weighted by Crippen LogP contribution is -2.30. The van der Waals surface area contributed by atoms with Crippen molar-refractivity contribution in [3.63, 3.8) is 0 Å². The Balaban J connectivity index is 1.52. The van der Waals surface area contributed by atoms with Gasteiger partial charge in [-0.15, -0.1) is 0 Å². The van der Waals surface area contributed by atoms with E-state index in [4.69, 9.17) is 23.7 Å². The minimum Gasteiger partial charge on any atom is -0.469 e. The van der Waals surface area contributed by atoms with Crippen LogP contribution in [0.5, 0.6) is 0 Å². The number of rotatable bonds is 4. The Hall–Kier alpha value is -3.32. The van der Waals surface area contributed by atoms with Crippen molar-refractivity contribution in [2.75, 3.05) is 13.9 Å². The smallest absolute Gasteiger partial charge is 0.373 e. The molecule has 0 saturated carbocycles. The fraction of sp³-hybridized carbons (Fsp3) is 0.238. The number of furan rings is 1. The highest BCUT2D eigenvalue weighted by atomic mass is 16.7. The van der Waals surface area contributed by atoms with Gasteiger partial charge in [0.25, 0.3) is 0 Å². The van der Waals surface area contributed by atoms with Crippen molar-refractivity contribution < 1.29 is 23.4 Å². The first kappa shape index (κ1) is 16.8. The van der Waals surface area contributed by atoms with Crippen LogP contribution in [0.25, 0.3) is 0 Å². The molecule has 0 radical (unpaired) electrons. The van der Waals surface area contributed by atoms with E-state index in [1.165, 1.54) is 7.11 Å². The molecule has 7 nitrogen and oxygen atoms in total. The summed E-state index contributed by atoms with van der Waals surface area (Å²) in [5.74, 6) is 0.946. The highest BCUT2D eigenvalue weighted by Gasteiger charge is 2.39. The summed E-state index contributed by atoms with van der Waals surface area (Å²) in [6.45, 7) is 0.873. The van der Waals surface area contributed by atoms with E-state index in [2.05, 4.69) is 12.1 Å². The fourth-order valence-corrected chi connectivity index (χ4v) is 3.61. The topological polar surface area (TPSA) is 73.5 Å². The van der Waals surface area contributed by atoms with Gasteiger partial charge >= 0.3 is 5.97 Å². The summed E-state index contributed by atoms with van der Waals surface area (Å²) in [5.41, 5.74) is 2.80. The molecule has 0 amide bonds. The summed E-state index contributed by atoms with van der Waals surface area (Å²) in [5, 5.41) is 6.79. The van der Waals surface area contributed by atoms with Crippen molar-refractivity contribution in [1.29, 1.82) is 0 Å². The van der Waals surface area contributed by atoms with Gasteiger partial charge in [0.05, 0.1) is 19.7 Å². The number of methoxy groups -OCH3 is 1. The minimum absolute atomic E-state index is 0.0881. The van der Waals surface area contributed by atoms with Crippen LogP contribution < -0.4 is 0 Å². The normalized spacial score (nSPS) is 22.6. The van der Waals surface area contributed by atoms with E-state index in [1.54, 1.807) is 12.1 Å². The summed E-state index contributed by atoms with van der Waals surface area (Å²) >= 11 is 0. The van der Waals surface area contributed by atoms with E-state index < -0.39 is 5.97 Å². The van der Waals surface area contributed by atoms with Gasteiger partial charge in [0.15, 0.2) is 12.6 Å². The number of fused-ring (bicyclic) bond motifs is 2. The second-order valence-corrected chi connectivity index (χ2v) is 6.67. The van der Waals surface area contributed by atoms with Crippen LogP contribution >= 0.6 is 0 Å². The zero-order chi connectivity index (χ0) is 19.1. The number of hydrazone groups is 1. The van der Waals surface area contributed by atoms with Gasteiger partial charge in [-0.05, 0) is 29.8 Å². The van der Waals surface area contributed by atoms with E-state index in [0.717, 1.165) is 16.9 Å². The van der Waals surface area contributed by atoms with Crippen LogP contribution in [0.1, 0.15) is 21.9 Å². The van der Waals surface area contributed by atoms with Crippen molar-refractivity contribution in [2.45, 2.75) is 18.7 Å². The van der Waals surface area contributed by atoms with Gasteiger partial charge in [-0.1, -0.05) is 30.3 Å². The Bertz CT molecular complexity index is 1000. The molecule has 3 heterocycles. The third-order valence-corrected chi connectivity index (χ3v) is 4.96. The third kappa shape index (κ3) is 2.80. The number of nitrogens with zero attached hydrogens (tertiary/aromatic N) is 2. The zero-order valence-electron chi connectivity index (χ0n) is 15.2. The molecule has 0 spiro atoms. The van der Waals surface area contributed by atoms with Crippen molar-refractivity contribution in [1.82, 2.24) is 5.01 Å². The van der Waals surface area contributed by atoms with E-state index in [0.29, 0.717) is 18.0 Å². The van der Waals surface area contributed by atoms with Gasteiger partial charge in [-0.25, -0.2) is 4.79 Å². The predicted molar refractivity (Wildman–Crippen MR) is 99.3 cm³/mol. The van der Waals surface area contributed by atoms with Crippen LogP contribution in [0.4, 0.5) is 0 Å². The van der Waals surface area contributed by atoms with Crippen LogP contribution in [-0.2, 0) is 20.8 Å². The first-order valence-electron chi connectivity index (χ1n) is 8.99. The molecule has 2 aromatic rings. The van der Waals surface area contributed by atoms with Gasteiger partial charge in [-0.3, -0.25) is 5.01 Å². The predicted octanol–water partition coefficient (Wildman–Crippen LogP) is 2.85. The SMILES string of the molecule is COC(=O)c1ccc(C2=NN(Cc3ccccc3)C3C=C4OCOC4C=C23)o1. The molecule has 2 aliphatic heterocycles. The Kier molecular flexibility index (Phi) is 4.02. The molecule has 2 atom stereocenters. The van der Waals surface area contributed by atoms with Gasteiger partial charge in [0.1, 0.15) is 17.6 Å². The second kappa shape index (κ2) is 6.69. The van der Waals surface area contributed by atoms with Crippen LogP contribution in [0.3, 0.4) is 0 Å². The van der Waals surface area contributed by atoms with Crippen molar-refractivity contribution in [3.8, 4) is 0 Å². The molecule has 1 saturated heterocycles. The van der Waals surface area contributed by atoms with Crippen molar-refractivity contribution >= 4 is 11.7 Å². The molecule has 1 fully saturated rings. The highest BCUT2D eigenvalue weighted by molar-refractivity contribution is 6.13. The number of hydrogen-bond donors (Lipinski definition) is 0. The summed E-state index contributed by atoms with van der Waals surface area (Å²) < 4.78 is 21.7. The zero-order valence-corrected chi connectivity index (χ0v) is 15.2. The fourth-order valence-electron chi connectivity index (χ4n) is 3.61. The molecular weight excluding hydrogens is 360 g/mol. The van der Waals surface area contributed by atoms with Crippen LogP contribution in [-0.4, -0.2) is 42.7 Å². The van der Waals surface area contributed by atoms with E-state index in [-0.39, 0.29) is 24.7 Å². The molecular formula is C21H18N2O5. The lowest BCUT2D eigenvalue weighted by Gasteiger charge is -2.25. The van der Waals surface area contributed by atoms with Gasteiger partial charge in [-0.2, -0.15) is 5.10 Å². The lowest BCUT2D eigenvalue weighted by molar-refractivity contribution is 0.0564. The lowest BCUT2D eigenvalue weighted by atomic mass is 9.93. The number of carbonyl (C=O) groups excluding carboxylic acids is 1. The molecule has 0 bridgehead atoms. The molecule has 28 heavy (non-hydrogen) atoms. The molecule has 5 rings (SSSR count). The molecule has 1 aromatic heterocycles. The summed E-state index contributed by atoms with van der Waals surface area (Å²) in [6.07, 6.45) is 3.83. The maximum Gasteiger partial charge on any atom is 0.373 e. The maximum absolute atomic E-state index is 11.8. The third-order valence-electron chi connectivity index (χ3n) is 4.96. The standard InChI is InChI=1S/C21H18N2O5/c1-25-21(24)17-8-7-16(28-17)20-14-9-18-19(27-12-26-18)10-15(14)23(22-20)11-13-5-3-2-4-6-13/h2-10,15,18H,11-12H2,1H3. The monoisotopic (exact) mass is 378 g/mol. The molecule has 7 heteroatoms. The molecule has 3 aliphatic rings. The Morgan fingerprint density at radius 2 is 2.07 bits per heavy atom. The first-order chi connectivity index (χ1) is 13.7. The average molecular weight is 378 g/mol. The number of ether oxygens (including phenoxy) is 3. The minimum atomic E-state index is -0.519. The maximum atomic E-state index is 11.8. The summed E-state index contributed by atoms with van der Waals surface area (Å²) in [7, 11) is 1.32. The molecule has 0 N–H and O–H groups in total. The molecule has 2 unspecified atom stereocenters. The summed E-state index contributed by atoms with van der Waals surface area (Å²) in [6, 6.07) is 13.4. The number of carbonyl (C=O) groups is 1.